The van der Waals surface area contributed by atoms with Gasteiger partial charge in [0.05, 0.1) is 0 Å². The Morgan fingerprint density at radius 2 is 1.86 bits per heavy atom. The van der Waals surface area contributed by atoms with Crippen molar-refractivity contribution < 1.29 is 13.2 Å². The second-order valence-electron chi connectivity index (χ2n) is 6.63. The number of aryl methyl sites for hydroxylation is 1. The lowest BCUT2D eigenvalue weighted by Crippen LogP contribution is -2.31. The monoisotopic (exact) mass is 332 g/mol. The van der Waals surface area contributed by atoms with Gasteiger partial charge in [-0.15, -0.1) is 0 Å². The lowest BCUT2D eigenvalue weighted by molar-refractivity contribution is 0.0934. The summed E-state index contributed by atoms with van der Waals surface area (Å²) in [6, 6.07) is 1.39. The molecule has 1 aliphatic rings. The number of nitrogens with zero attached hydrogens (tertiary/aromatic N) is 1. The Hall–Kier alpha value is -1.01. The average Bonchev–Trinajstić information content (AvgIpc) is 2.73. The van der Waals surface area contributed by atoms with E-state index < -0.39 is 9.05 Å². The molecule has 1 saturated carbocycles. The van der Waals surface area contributed by atoms with Crippen molar-refractivity contribution in [2.24, 2.45) is 10.8 Å². The maximum atomic E-state index is 12.4. The average molecular weight is 333 g/mol. The summed E-state index contributed by atoms with van der Waals surface area (Å²) in [5.74, 6) is -0.271. The second kappa shape index (κ2) is 4.74. The van der Waals surface area contributed by atoms with E-state index in [-0.39, 0.29) is 27.7 Å². The van der Waals surface area contributed by atoms with Crippen LogP contribution in [0.4, 0.5) is 0 Å². The molecule has 0 spiro atoms. The Morgan fingerprint density at radius 1 is 1.33 bits per heavy atom. The van der Waals surface area contributed by atoms with Crippen LogP contribution in [-0.2, 0) is 15.6 Å². The molecule has 1 N–H and O–H groups in total. The molecule has 21 heavy (non-hydrogen) atoms. The van der Waals surface area contributed by atoms with E-state index in [1.807, 2.05) is 6.92 Å². The molecule has 1 aromatic heterocycles. The Balaban J connectivity index is 2.27. The quantitative estimate of drug-likeness (QED) is 0.862. The molecule has 1 aromatic rings. The minimum atomic E-state index is -3.84. The van der Waals surface area contributed by atoms with E-state index in [9.17, 15) is 13.2 Å². The van der Waals surface area contributed by atoms with Gasteiger partial charge in [0.2, 0.25) is 0 Å². The standard InChI is InChI=1S/C14H21ClN2O3S/c1-6-17-8-9(21(15,19)20)7-10(17)11(18)16-12-13(2,3)14(12,4)5/h7-8,12H,6H2,1-5H3,(H,16,18). The van der Waals surface area contributed by atoms with Crippen molar-refractivity contribution in [2.75, 3.05) is 0 Å². The molecule has 118 valence electrons. The van der Waals surface area contributed by atoms with Crippen LogP contribution in [0.25, 0.3) is 0 Å². The molecule has 2 rings (SSSR count). The lowest BCUT2D eigenvalue weighted by Gasteiger charge is -2.09. The zero-order valence-corrected chi connectivity index (χ0v) is 14.5. The molecule has 1 aliphatic carbocycles. The van der Waals surface area contributed by atoms with Gasteiger partial charge < -0.3 is 9.88 Å². The normalized spacial score (nSPS) is 20.3. The first-order valence-electron chi connectivity index (χ1n) is 6.88. The van der Waals surface area contributed by atoms with E-state index >= 15 is 0 Å². The highest BCUT2D eigenvalue weighted by Gasteiger charge is 2.65. The van der Waals surface area contributed by atoms with Crippen LogP contribution in [0.15, 0.2) is 17.2 Å². The Kier molecular flexibility index (Phi) is 3.70. The zero-order chi connectivity index (χ0) is 16.2. The van der Waals surface area contributed by atoms with Crippen LogP contribution in [0.1, 0.15) is 45.1 Å². The van der Waals surface area contributed by atoms with Gasteiger partial charge in [-0.05, 0) is 23.8 Å². The molecule has 0 aliphatic heterocycles. The van der Waals surface area contributed by atoms with Gasteiger partial charge in [0.15, 0.2) is 0 Å². The predicted octanol–water partition coefficient (Wildman–Crippen LogP) is 2.60. The summed E-state index contributed by atoms with van der Waals surface area (Å²) in [4.78, 5) is 12.4. The molecule has 1 heterocycles. The van der Waals surface area contributed by atoms with Gasteiger partial charge in [0.25, 0.3) is 15.0 Å². The summed E-state index contributed by atoms with van der Waals surface area (Å²) in [6.07, 6.45) is 1.39. The van der Waals surface area contributed by atoms with E-state index in [0.29, 0.717) is 12.2 Å². The predicted molar refractivity (Wildman–Crippen MR) is 82.0 cm³/mol. The van der Waals surface area contributed by atoms with E-state index in [1.165, 1.54) is 12.3 Å². The van der Waals surface area contributed by atoms with Crippen molar-refractivity contribution in [1.82, 2.24) is 9.88 Å². The molecule has 1 amide bonds. The number of carbonyl (C=O) groups is 1. The van der Waals surface area contributed by atoms with Crippen LogP contribution in [-0.4, -0.2) is 24.9 Å². The third-order valence-electron chi connectivity index (χ3n) is 5.02. The van der Waals surface area contributed by atoms with Crippen molar-refractivity contribution in [3.8, 4) is 0 Å². The van der Waals surface area contributed by atoms with Crippen molar-refractivity contribution >= 4 is 25.6 Å². The number of hydrogen-bond acceptors (Lipinski definition) is 3. The molecule has 0 aromatic carbocycles. The van der Waals surface area contributed by atoms with Crippen LogP contribution in [0.5, 0.6) is 0 Å². The number of aromatic nitrogens is 1. The molecule has 0 radical (unpaired) electrons. The number of hydrogen-bond donors (Lipinski definition) is 1. The van der Waals surface area contributed by atoms with Crippen LogP contribution in [0.2, 0.25) is 0 Å². The van der Waals surface area contributed by atoms with E-state index in [0.717, 1.165) is 0 Å². The first kappa shape index (κ1) is 16.4. The minimum absolute atomic E-state index is 0.0215. The third-order valence-corrected chi connectivity index (χ3v) is 6.34. The fraction of sp³-hybridized carbons (Fsp3) is 0.643. The van der Waals surface area contributed by atoms with Crippen molar-refractivity contribution in [3.63, 3.8) is 0 Å². The van der Waals surface area contributed by atoms with Crippen molar-refractivity contribution in [2.45, 2.75) is 52.1 Å². The van der Waals surface area contributed by atoms with Gasteiger partial charge in [-0.25, -0.2) is 8.42 Å². The largest absolute Gasteiger partial charge is 0.347 e. The highest BCUT2D eigenvalue weighted by molar-refractivity contribution is 8.13. The Labute approximate surface area is 130 Å². The summed E-state index contributed by atoms with van der Waals surface area (Å²) in [6.45, 7) is 10.7. The lowest BCUT2D eigenvalue weighted by atomic mass is 10.0. The zero-order valence-electron chi connectivity index (χ0n) is 12.9. The first-order valence-corrected chi connectivity index (χ1v) is 9.19. The van der Waals surface area contributed by atoms with Gasteiger partial charge >= 0.3 is 0 Å². The number of rotatable bonds is 4. The number of nitrogens with one attached hydrogen (secondary N) is 1. The number of carbonyl (C=O) groups excluding carboxylic acids is 1. The molecular formula is C14H21ClN2O3S. The Morgan fingerprint density at radius 3 is 2.24 bits per heavy atom. The third kappa shape index (κ3) is 2.59. The summed E-state index contributed by atoms with van der Waals surface area (Å²) in [7, 11) is 1.51. The molecule has 0 atom stereocenters. The number of amides is 1. The van der Waals surface area contributed by atoms with Gasteiger partial charge in [-0.3, -0.25) is 4.79 Å². The molecule has 0 unspecified atom stereocenters. The molecular weight excluding hydrogens is 312 g/mol. The highest BCUT2D eigenvalue weighted by atomic mass is 35.7. The van der Waals surface area contributed by atoms with Crippen molar-refractivity contribution in [1.29, 1.82) is 0 Å². The number of halogens is 1. The van der Waals surface area contributed by atoms with Crippen LogP contribution < -0.4 is 5.32 Å². The van der Waals surface area contributed by atoms with E-state index in [1.54, 1.807) is 4.57 Å². The fourth-order valence-corrected chi connectivity index (χ4v) is 3.59. The summed E-state index contributed by atoms with van der Waals surface area (Å²) in [5.41, 5.74) is 0.358. The smallest absolute Gasteiger partial charge is 0.268 e. The van der Waals surface area contributed by atoms with Crippen LogP contribution in [0, 0.1) is 10.8 Å². The van der Waals surface area contributed by atoms with Crippen molar-refractivity contribution in [3.05, 3.63) is 18.0 Å². The summed E-state index contributed by atoms with van der Waals surface area (Å²) >= 11 is 0. The second-order valence-corrected chi connectivity index (χ2v) is 9.20. The molecule has 5 nitrogen and oxygen atoms in total. The maximum Gasteiger partial charge on any atom is 0.268 e. The molecule has 0 bridgehead atoms. The topological polar surface area (TPSA) is 68.2 Å². The fourth-order valence-electron chi connectivity index (χ4n) is 2.83. The van der Waals surface area contributed by atoms with Gasteiger partial charge in [-0.1, -0.05) is 27.7 Å². The summed E-state index contributed by atoms with van der Waals surface area (Å²) in [5, 5.41) is 2.99. The van der Waals surface area contributed by atoms with Gasteiger partial charge in [0.1, 0.15) is 10.6 Å². The summed E-state index contributed by atoms with van der Waals surface area (Å²) < 4.78 is 24.4. The Bertz CT molecular complexity index is 675. The van der Waals surface area contributed by atoms with Gasteiger partial charge in [-0.2, -0.15) is 0 Å². The molecule has 0 saturated heterocycles. The van der Waals surface area contributed by atoms with E-state index in [2.05, 4.69) is 33.0 Å². The highest BCUT2D eigenvalue weighted by Crippen LogP contribution is 2.62. The van der Waals surface area contributed by atoms with Gasteiger partial charge in [0, 0.05) is 29.5 Å². The molecule has 1 fully saturated rings. The van der Waals surface area contributed by atoms with Crippen LogP contribution in [0.3, 0.4) is 0 Å². The van der Waals surface area contributed by atoms with Crippen LogP contribution >= 0.6 is 10.7 Å². The van der Waals surface area contributed by atoms with E-state index in [4.69, 9.17) is 10.7 Å². The SMILES string of the molecule is CCn1cc(S(=O)(=O)Cl)cc1C(=O)NC1C(C)(C)C1(C)C. The molecule has 7 heteroatoms. The minimum Gasteiger partial charge on any atom is -0.347 e. The maximum absolute atomic E-state index is 12.4. The first-order chi connectivity index (χ1) is 9.42.